The van der Waals surface area contributed by atoms with E-state index in [1.165, 1.54) is 19.0 Å². The van der Waals surface area contributed by atoms with E-state index in [1.807, 2.05) is 0 Å². The molecule has 1 aliphatic heterocycles. The zero-order chi connectivity index (χ0) is 13.7. The SMILES string of the molecule is CNc1cc(C(=O)NCCN2CCCC2)c(Cl)cn1. The van der Waals surface area contributed by atoms with Crippen LogP contribution in [-0.2, 0) is 0 Å². The molecule has 6 heteroatoms. The summed E-state index contributed by atoms with van der Waals surface area (Å²) in [5.74, 6) is 0.484. The van der Waals surface area contributed by atoms with Crippen molar-refractivity contribution in [2.75, 3.05) is 38.5 Å². The van der Waals surface area contributed by atoms with Crippen molar-refractivity contribution in [3.8, 4) is 0 Å². The quantitative estimate of drug-likeness (QED) is 0.861. The van der Waals surface area contributed by atoms with Gasteiger partial charge in [-0.3, -0.25) is 4.79 Å². The first-order valence-corrected chi connectivity index (χ1v) is 6.92. The van der Waals surface area contributed by atoms with E-state index in [0.29, 0.717) is 22.9 Å². The lowest BCUT2D eigenvalue weighted by Gasteiger charge is -2.15. The van der Waals surface area contributed by atoms with E-state index in [0.717, 1.165) is 19.6 Å². The summed E-state index contributed by atoms with van der Waals surface area (Å²) in [6, 6.07) is 1.66. The molecule has 2 rings (SSSR count). The third-order valence-electron chi connectivity index (χ3n) is 3.27. The van der Waals surface area contributed by atoms with Gasteiger partial charge < -0.3 is 15.5 Å². The molecule has 0 aliphatic carbocycles. The topological polar surface area (TPSA) is 57.3 Å². The molecular weight excluding hydrogens is 264 g/mol. The van der Waals surface area contributed by atoms with Crippen molar-refractivity contribution in [3.63, 3.8) is 0 Å². The summed E-state index contributed by atoms with van der Waals surface area (Å²) < 4.78 is 0. The number of nitrogens with one attached hydrogen (secondary N) is 2. The summed E-state index contributed by atoms with van der Waals surface area (Å²) in [5, 5.41) is 6.16. The lowest BCUT2D eigenvalue weighted by molar-refractivity contribution is 0.0950. The van der Waals surface area contributed by atoms with Gasteiger partial charge in [0.1, 0.15) is 5.82 Å². The second-order valence-electron chi connectivity index (χ2n) is 4.60. The van der Waals surface area contributed by atoms with Crippen LogP contribution in [0.25, 0.3) is 0 Å². The minimum atomic E-state index is -0.150. The highest BCUT2D eigenvalue weighted by Gasteiger charge is 2.14. The van der Waals surface area contributed by atoms with Crippen LogP contribution in [0.15, 0.2) is 12.3 Å². The molecule has 1 saturated heterocycles. The summed E-state index contributed by atoms with van der Waals surface area (Å²) in [6.45, 7) is 3.81. The molecule has 1 aliphatic rings. The summed E-state index contributed by atoms with van der Waals surface area (Å²) in [5.41, 5.74) is 0.461. The molecule has 0 unspecified atom stereocenters. The van der Waals surface area contributed by atoms with Gasteiger partial charge in [0, 0.05) is 26.3 Å². The lowest BCUT2D eigenvalue weighted by atomic mass is 10.2. The Morgan fingerprint density at radius 2 is 2.21 bits per heavy atom. The van der Waals surface area contributed by atoms with E-state index in [9.17, 15) is 4.79 Å². The number of likely N-dealkylation sites (tertiary alicyclic amines) is 1. The van der Waals surface area contributed by atoms with Gasteiger partial charge in [0.25, 0.3) is 5.91 Å². The molecule has 1 amide bonds. The summed E-state index contributed by atoms with van der Waals surface area (Å²) in [7, 11) is 1.76. The van der Waals surface area contributed by atoms with Crippen molar-refractivity contribution in [1.29, 1.82) is 0 Å². The third kappa shape index (κ3) is 3.81. The van der Waals surface area contributed by atoms with Crippen molar-refractivity contribution in [2.24, 2.45) is 0 Å². The van der Waals surface area contributed by atoms with E-state index in [-0.39, 0.29) is 5.91 Å². The maximum Gasteiger partial charge on any atom is 0.253 e. The number of hydrogen-bond donors (Lipinski definition) is 2. The summed E-state index contributed by atoms with van der Waals surface area (Å²) in [4.78, 5) is 18.4. The monoisotopic (exact) mass is 282 g/mol. The van der Waals surface area contributed by atoms with Gasteiger partial charge in [0.2, 0.25) is 0 Å². The molecule has 0 bridgehead atoms. The predicted octanol–water partition coefficient (Wildman–Crippen LogP) is 1.60. The average Bonchev–Trinajstić information content (AvgIpc) is 2.92. The highest BCUT2D eigenvalue weighted by atomic mass is 35.5. The van der Waals surface area contributed by atoms with Gasteiger partial charge in [-0.05, 0) is 32.0 Å². The second kappa shape index (κ2) is 6.73. The first-order valence-electron chi connectivity index (χ1n) is 6.54. The Morgan fingerprint density at radius 1 is 1.47 bits per heavy atom. The molecule has 0 radical (unpaired) electrons. The van der Waals surface area contributed by atoms with Crippen LogP contribution in [0.4, 0.5) is 5.82 Å². The number of pyridine rings is 1. The average molecular weight is 283 g/mol. The Hall–Kier alpha value is -1.33. The van der Waals surface area contributed by atoms with E-state index in [2.05, 4.69) is 20.5 Å². The smallest absolute Gasteiger partial charge is 0.253 e. The van der Waals surface area contributed by atoms with E-state index in [1.54, 1.807) is 13.1 Å². The number of aromatic nitrogens is 1. The predicted molar refractivity (Wildman–Crippen MR) is 76.8 cm³/mol. The third-order valence-corrected chi connectivity index (χ3v) is 3.57. The molecular formula is C13H19ClN4O. The van der Waals surface area contributed by atoms with Crippen LogP contribution < -0.4 is 10.6 Å². The Labute approximate surface area is 118 Å². The van der Waals surface area contributed by atoms with Gasteiger partial charge in [-0.2, -0.15) is 0 Å². The normalized spacial score (nSPS) is 15.5. The van der Waals surface area contributed by atoms with E-state index in [4.69, 9.17) is 11.6 Å². The molecule has 1 aromatic heterocycles. The lowest BCUT2D eigenvalue weighted by Crippen LogP contribution is -2.33. The van der Waals surface area contributed by atoms with Crippen LogP contribution in [0.1, 0.15) is 23.2 Å². The number of amides is 1. The molecule has 1 aromatic rings. The van der Waals surface area contributed by atoms with Crippen LogP contribution >= 0.6 is 11.6 Å². The maximum atomic E-state index is 12.0. The summed E-state index contributed by atoms with van der Waals surface area (Å²) >= 11 is 5.99. The number of carbonyl (C=O) groups is 1. The molecule has 1 fully saturated rings. The second-order valence-corrected chi connectivity index (χ2v) is 5.01. The zero-order valence-corrected chi connectivity index (χ0v) is 11.8. The summed E-state index contributed by atoms with van der Waals surface area (Å²) in [6.07, 6.45) is 4.01. The van der Waals surface area contributed by atoms with Crippen LogP contribution in [0.2, 0.25) is 5.02 Å². The molecule has 5 nitrogen and oxygen atoms in total. The fourth-order valence-electron chi connectivity index (χ4n) is 2.18. The maximum absolute atomic E-state index is 12.0. The number of hydrogen-bond acceptors (Lipinski definition) is 4. The van der Waals surface area contributed by atoms with E-state index < -0.39 is 0 Å². The standard InChI is InChI=1S/C13H19ClN4O/c1-15-12-8-10(11(14)9-17-12)13(19)16-4-7-18-5-2-3-6-18/h8-9H,2-7H2,1H3,(H,15,17)(H,16,19). The Kier molecular flexibility index (Phi) is 4.99. The number of carbonyl (C=O) groups excluding carboxylic acids is 1. The van der Waals surface area contributed by atoms with Crippen molar-refractivity contribution in [2.45, 2.75) is 12.8 Å². The molecule has 19 heavy (non-hydrogen) atoms. The highest BCUT2D eigenvalue weighted by Crippen LogP contribution is 2.17. The van der Waals surface area contributed by atoms with Gasteiger partial charge in [0.05, 0.1) is 10.6 Å². The van der Waals surface area contributed by atoms with E-state index >= 15 is 0 Å². The fraction of sp³-hybridized carbons (Fsp3) is 0.538. The fourth-order valence-corrected chi connectivity index (χ4v) is 2.37. The minimum Gasteiger partial charge on any atom is -0.373 e. The number of anilines is 1. The Morgan fingerprint density at radius 3 is 2.89 bits per heavy atom. The van der Waals surface area contributed by atoms with Gasteiger partial charge >= 0.3 is 0 Å². The van der Waals surface area contributed by atoms with Gasteiger partial charge in [0.15, 0.2) is 0 Å². The molecule has 0 aromatic carbocycles. The van der Waals surface area contributed by atoms with Gasteiger partial charge in [-0.1, -0.05) is 11.6 Å². The van der Waals surface area contributed by atoms with Crippen LogP contribution in [-0.4, -0.2) is 49.0 Å². The van der Waals surface area contributed by atoms with Crippen molar-refractivity contribution < 1.29 is 4.79 Å². The van der Waals surface area contributed by atoms with Crippen molar-refractivity contribution in [3.05, 3.63) is 22.8 Å². The molecule has 2 heterocycles. The zero-order valence-electron chi connectivity index (χ0n) is 11.1. The van der Waals surface area contributed by atoms with Crippen LogP contribution in [0.3, 0.4) is 0 Å². The van der Waals surface area contributed by atoms with Crippen molar-refractivity contribution >= 4 is 23.3 Å². The molecule has 0 atom stereocenters. The van der Waals surface area contributed by atoms with Gasteiger partial charge in [-0.25, -0.2) is 4.98 Å². The first kappa shape index (κ1) is 14.1. The Bertz CT molecular complexity index is 446. The van der Waals surface area contributed by atoms with Crippen LogP contribution in [0.5, 0.6) is 0 Å². The first-order chi connectivity index (χ1) is 9.20. The largest absolute Gasteiger partial charge is 0.373 e. The molecule has 104 valence electrons. The molecule has 0 spiro atoms. The highest BCUT2D eigenvalue weighted by molar-refractivity contribution is 6.33. The van der Waals surface area contributed by atoms with Crippen molar-refractivity contribution in [1.82, 2.24) is 15.2 Å². The Balaban J connectivity index is 1.88. The minimum absolute atomic E-state index is 0.150. The number of rotatable bonds is 5. The number of nitrogens with zero attached hydrogens (tertiary/aromatic N) is 2. The van der Waals surface area contributed by atoms with Crippen LogP contribution in [0, 0.1) is 0 Å². The number of halogens is 1. The van der Waals surface area contributed by atoms with Gasteiger partial charge in [-0.15, -0.1) is 0 Å². The molecule has 2 N–H and O–H groups in total. The molecule has 0 saturated carbocycles.